The van der Waals surface area contributed by atoms with Gasteiger partial charge in [-0.25, -0.2) is 12.8 Å². The summed E-state index contributed by atoms with van der Waals surface area (Å²) in [5.41, 5.74) is 0.641. The number of rotatable bonds is 7. The standard InChI is InChI=1S/C15H21FN4O2S/c1-4-8-18-15(17-5-2)19-9-10-23(21,22)20-13-7-6-12(3)14(16)11-13/h1,6-7,11,20H,5,8-10H2,2-3H3,(H2,17,18,19). The summed E-state index contributed by atoms with van der Waals surface area (Å²) < 4.78 is 39.7. The monoisotopic (exact) mass is 340 g/mol. The first-order chi connectivity index (χ1) is 10.9. The summed E-state index contributed by atoms with van der Waals surface area (Å²) in [6, 6.07) is 4.17. The van der Waals surface area contributed by atoms with E-state index in [1.807, 2.05) is 6.92 Å². The Morgan fingerprint density at radius 3 is 2.74 bits per heavy atom. The van der Waals surface area contributed by atoms with Crippen LogP contribution in [-0.2, 0) is 10.0 Å². The number of terminal acetylenes is 1. The van der Waals surface area contributed by atoms with E-state index >= 15 is 0 Å². The van der Waals surface area contributed by atoms with E-state index in [1.54, 1.807) is 6.92 Å². The molecule has 8 heteroatoms. The van der Waals surface area contributed by atoms with Crippen LogP contribution in [0, 0.1) is 25.1 Å². The molecule has 3 N–H and O–H groups in total. The van der Waals surface area contributed by atoms with Gasteiger partial charge in [0.15, 0.2) is 5.96 Å². The zero-order valence-electron chi connectivity index (χ0n) is 13.2. The van der Waals surface area contributed by atoms with E-state index in [9.17, 15) is 12.8 Å². The lowest BCUT2D eigenvalue weighted by atomic mass is 10.2. The molecule has 23 heavy (non-hydrogen) atoms. The van der Waals surface area contributed by atoms with Crippen molar-refractivity contribution in [2.24, 2.45) is 4.99 Å². The minimum absolute atomic E-state index is 0.0452. The molecular formula is C15H21FN4O2S. The Balaban J connectivity index is 2.63. The number of guanidine groups is 1. The molecule has 126 valence electrons. The van der Waals surface area contributed by atoms with Crippen LogP contribution < -0.4 is 15.4 Å². The van der Waals surface area contributed by atoms with Crippen LogP contribution in [-0.4, -0.2) is 39.8 Å². The van der Waals surface area contributed by atoms with E-state index in [0.717, 1.165) is 6.07 Å². The van der Waals surface area contributed by atoms with Crippen molar-refractivity contribution < 1.29 is 12.8 Å². The van der Waals surface area contributed by atoms with Gasteiger partial charge in [0.05, 0.1) is 24.5 Å². The summed E-state index contributed by atoms with van der Waals surface area (Å²) in [5.74, 6) is 2.17. The minimum Gasteiger partial charge on any atom is -0.357 e. The number of anilines is 1. The summed E-state index contributed by atoms with van der Waals surface area (Å²) >= 11 is 0. The Labute approximate surface area is 136 Å². The average molecular weight is 340 g/mol. The zero-order valence-corrected chi connectivity index (χ0v) is 14.0. The third-order valence-electron chi connectivity index (χ3n) is 2.78. The largest absolute Gasteiger partial charge is 0.357 e. The van der Waals surface area contributed by atoms with Gasteiger partial charge in [-0.05, 0) is 31.5 Å². The van der Waals surface area contributed by atoms with Gasteiger partial charge in [-0.3, -0.25) is 9.71 Å². The van der Waals surface area contributed by atoms with Gasteiger partial charge in [0.25, 0.3) is 0 Å². The number of benzene rings is 1. The molecule has 1 rings (SSSR count). The molecule has 6 nitrogen and oxygen atoms in total. The van der Waals surface area contributed by atoms with Crippen LogP contribution in [0.1, 0.15) is 12.5 Å². The topological polar surface area (TPSA) is 82.6 Å². The summed E-state index contributed by atoms with van der Waals surface area (Å²) in [6.45, 7) is 4.46. The van der Waals surface area contributed by atoms with Crippen molar-refractivity contribution in [3.8, 4) is 12.3 Å². The molecule has 1 aromatic carbocycles. The van der Waals surface area contributed by atoms with Gasteiger partial charge in [-0.1, -0.05) is 12.0 Å². The minimum atomic E-state index is -3.61. The lowest BCUT2D eigenvalue weighted by Gasteiger charge is -2.10. The quantitative estimate of drug-likeness (QED) is 0.394. The van der Waals surface area contributed by atoms with Crippen LogP contribution in [0.25, 0.3) is 0 Å². The fraction of sp³-hybridized carbons (Fsp3) is 0.400. The molecule has 0 aliphatic heterocycles. The predicted octanol–water partition coefficient (Wildman–Crippen LogP) is 1.06. The van der Waals surface area contributed by atoms with Gasteiger partial charge < -0.3 is 10.6 Å². The highest BCUT2D eigenvalue weighted by Gasteiger charge is 2.11. The van der Waals surface area contributed by atoms with E-state index in [2.05, 4.69) is 26.3 Å². The Bertz CT molecular complexity index is 696. The molecule has 0 radical (unpaired) electrons. The Kier molecular flexibility index (Phi) is 7.35. The maximum atomic E-state index is 13.4. The number of hydrogen-bond acceptors (Lipinski definition) is 3. The zero-order chi connectivity index (χ0) is 17.3. The Morgan fingerprint density at radius 2 is 2.13 bits per heavy atom. The number of aryl methyl sites for hydroxylation is 1. The first-order valence-electron chi connectivity index (χ1n) is 7.10. The lowest BCUT2D eigenvalue weighted by molar-refractivity contribution is 0.600. The molecule has 0 fully saturated rings. The fourth-order valence-electron chi connectivity index (χ4n) is 1.64. The number of sulfonamides is 1. The normalized spacial score (nSPS) is 11.7. The summed E-state index contributed by atoms with van der Waals surface area (Å²) in [4.78, 5) is 4.12. The summed E-state index contributed by atoms with van der Waals surface area (Å²) in [5, 5.41) is 5.80. The number of nitrogens with one attached hydrogen (secondary N) is 3. The molecule has 0 heterocycles. The molecule has 0 aromatic heterocycles. The van der Waals surface area contributed by atoms with E-state index in [1.165, 1.54) is 12.1 Å². The maximum absolute atomic E-state index is 13.4. The number of hydrogen-bond donors (Lipinski definition) is 3. The van der Waals surface area contributed by atoms with Gasteiger partial charge in [0.2, 0.25) is 10.0 Å². The van der Waals surface area contributed by atoms with Gasteiger partial charge in [-0.2, -0.15) is 0 Å². The van der Waals surface area contributed by atoms with Gasteiger partial charge in [-0.15, -0.1) is 6.42 Å². The molecule has 1 aromatic rings. The first-order valence-corrected chi connectivity index (χ1v) is 8.75. The molecule has 0 amide bonds. The van der Waals surface area contributed by atoms with E-state index in [4.69, 9.17) is 6.42 Å². The van der Waals surface area contributed by atoms with E-state index in [-0.39, 0.29) is 18.0 Å². The van der Waals surface area contributed by atoms with Crippen molar-refractivity contribution in [2.75, 3.05) is 30.1 Å². The first kappa shape index (κ1) is 18.8. The van der Waals surface area contributed by atoms with Crippen molar-refractivity contribution in [1.29, 1.82) is 0 Å². The number of aliphatic imine (C=N–C) groups is 1. The molecule has 0 aliphatic rings. The van der Waals surface area contributed by atoms with Crippen molar-refractivity contribution in [2.45, 2.75) is 13.8 Å². The van der Waals surface area contributed by atoms with Crippen molar-refractivity contribution in [1.82, 2.24) is 10.6 Å². The fourth-order valence-corrected chi connectivity index (χ4v) is 2.56. The summed E-state index contributed by atoms with van der Waals surface area (Å²) in [7, 11) is -3.61. The van der Waals surface area contributed by atoms with Gasteiger partial charge >= 0.3 is 0 Å². The molecule has 0 atom stereocenters. The van der Waals surface area contributed by atoms with Crippen LogP contribution in [0.4, 0.5) is 10.1 Å². The number of halogens is 1. The van der Waals surface area contributed by atoms with Gasteiger partial charge in [0.1, 0.15) is 5.82 Å². The van der Waals surface area contributed by atoms with Crippen molar-refractivity contribution in [3.63, 3.8) is 0 Å². The molecule has 0 unspecified atom stereocenters. The van der Waals surface area contributed by atoms with Crippen LogP contribution >= 0.6 is 0 Å². The SMILES string of the molecule is C#CCNC(=NCCS(=O)(=O)Nc1ccc(C)c(F)c1)NCC. The van der Waals surface area contributed by atoms with Crippen molar-refractivity contribution in [3.05, 3.63) is 29.6 Å². The third kappa shape index (κ3) is 7.02. The Morgan fingerprint density at radius 1 is 1.39 bits per heavy atom. The summed E-state index contributed by atoms with van der Waals surface area (Å²) in [6.07, 6.45) is 5.15. The molecule has 0 saturated carbocycles. The lowest BCUT2D eigenvalue weighted by Crippen LogP contribution is -2.37. The highest BCUT2D eigenvalue weighted by molar-refractivity contribution is 7.92. The molecular weight excluding hydrogens is 319 g/mol. The number of nitrogens with zero attached hydrogens (tertiary/aromatic N) is 1. The second-order valence-corrected chi connectivity index (χ2v) is 6.55. The van der Waals surface area contributed by atoms with Crippen LogP contribution in [0.5, 0.6) is 0 Å². The molecule has 0 bridgehead atoms. The van der Waals surface area contributed by atoms with E-state index in [0.29, 0.717) is 24.6 Å². The predicted molar refractivity (Wildman–Crippen MR) is 91.4 cm³/mol. The van der Waals surface area contributed by atoms with Crippen LogP contribution in [0.3, 0.4) is 0 Å². The molecule has 0 aliphatic carbocycles. The second kappa shape index (κ2) is 9.00. The van der Waals surface area contributed by atoms with Crippen LogP contribution in [0.2, 0.25) is 0 Å². The molecule has 0 spiro atoms. The second-order valence-electron chi connectivity index (χ2n) is 4.70. The van der Waals surface area contributed by atoms with E-state index < -0.39 is 15.8 Å². The average Bonchev–Trinajstić information content (AvgIpc) is 2.48. The Hall–Kier alpha value is -2.27. The van der Waals surface area contributed by atoms with Crippen LogP contribution in [0.15, 0.2) is 23.2 Å². The highest BCUT2D eigenvalue weighted by atomic mass is 32.2. The van der Waals surface area contributed by atoms with Crippen molar-refractivity contribution >= 4 is 21.7 Å². The third-order valence-corrected chi connectivity index (χ3v) is 4.04. The highest BCUT2D eigenvalue weighted by Crippen LogP contribution is 2.14. The molecule has 0 saturated heterocycles. The maximum Gasteiger partial charge on any atom is 0.234 e. The smallest absolute Gasteiger partial charge is 0.234 e. The van der Waals surface area contributed by atoms with Gasteiger partial charge in [0, 0.05) is 6.54 Å².